The van der Waals surface area contributed by atoms with Gasteiger partial charge in [-0.1, -0.05) is 37.3 Å². The second-order valence-electron chi connectivity index (χ2n) is 9.67. The Morgan fingerprint density at radius 2 is 1.94 bits per heavy atom. The number of aliphatic hydroxyl groups excluding tert-OH is 1. The first kappa shape index (κ1) is 25.1. The summed E-state index contributed by atoms with van der Waals surface area (Å²) < 4.78 is 11.7. The standard InChI is InChI=1S/C27H35N3O5/c1-18-15-30(19(2)17-31)27(33)23-13-22(20-7-5-4-6-8-20)14-28-25(23)35-24(18)16-29(3)26(32)21-9-11-34-12-10-21/h4-8,13-14,18-19,21,24,31H,9-12,15-17H2,1-3H3/t18-,19+,24-/m0/s1. The third kappa shape index (κ3) is 5.65. The van der Waals surface area contributed by atoms with Gasteiger partial charge in [-0.3, -0.25) is 9.59 Å². The molecule has 0 bridgehead atoms. The number of hydrogen-bond acceptors (Lipinski definition) is 6. The maximum Gasteiger partial charge on any atom is 0.259 e. The molecule has 8 heteroatoms. The predicted molar refractivity (Wildman–Crippen MR) is 132 cm³/mol. The van der Waals surface area contributed by atoms with Crippen LogP contribution < -0.4 is 4.74 Å². The van der Waals surface area contributed by atoms with E-state index in [1.165, 1.54) is 0 Å². The van der Waals surface area contributed by atoms with Crippen molar-refractivity contribution in [1.29, 1.82) is 0 Å². The molecule has 1 saturated heterocycles. The highest BCUT2D eigenvalue weighted by Gasteiger charge is 2.35. The number of aliphatic hydroxyl groups is 1. The Morgan fingerprint density at radius 3 is 2.63 bits per heavy atom. The van der Waals surface area contributed by atoms with Crippen LogP contribution in [0.5, 0.6) is 5.88 Å². The third-order valence-corrected chi connectivity index (χ3v) is 7.03. The van der Waals surface area contributed by atoms with Crippen molar-refractivity contribution in [3.8, 4) is 17.0 Å². The topological polar surface area (TPSA) is 92.2 Å². The molecule has 8 nitrogen and oxygen atoms in total. The Hall–Kier alpha value is -2.97. The molecule has 0 spiro atoms. The lowest BCUT2D eigenvalue weighted by Gasteiger charge is -2.38. The van der Waals surface area contributed by atoms with Crippen molar-refractivity contribution in [2.75, 3.05) is 40.0 Å². The molecule has 2 aromatic rings. The van der Waals surface area contributed by atoms with Crippen molar-refractivity contribution in [1.82, 2.24) is 14.8 Å². The number of ether oxygens (including phenoxy) is 2. The van der Waals surface area contributed by atoms with E-state index in [0.29, 0.717) is 31.9 Å². The van der Waals surface area contributed by atoms with Crippen LogP contribution in [-0.4, -0.2) is 83.8 Å². The average molecular weight is 482 g/mol. The lowest BCUT2D eigenvalue weighted by Crippen LogP contribution is -2.51. The van der Waals surface area contributed by atoms with Gasteiger partial charge in [0.05, 0.1) is 19.2 Å². The van der Waals surface area contributed by atoms with Gasteiger partial charge in [0.15, 0.2) is 0 Å². The molecule has 35 heavy (non-hydrogen) atoms. The summed E-state index contributed by atoms with van der Waals surface area (Å²) in [5.41, 5.74) is 2.13. The minimum Gasteiger partial charge on any atom is -0.472 e. The van der Waals surface area contributed by atoms with Crippen molar-refractivity contribution in [3.05, 3.63) is 48.2 Å². The average Bonchev–Trinajstić information content (AvgIpc) is 2.90. The first-order chi connectivity index (χ1) is 16.9. The van der Waals surface area contributed by atoms with Crippen molar-refractivity contribution in [2.24, 2.45) is 11.8 Å². The molecule has 2 amide bonds. The molecule has 3 atom stereocenters. The number of amides is 2. The molecule has 2 aliphatic heterocycles. The maximum atomic E-state index is 13.6. The molecule has 1 aromatic heterocycles. The van der Waals surface area contributed by atoms with E-state index in [1.807, 2.05) is 44.2 Å². The summed E-state index contributed by atoms with van der Waals surface area (Å²) in [7, 11) is 1.80. The minimum absolute atomic E-state index is 0.0380. The predicted octanol–water partition coefficient (Wildman–Crippen LogP) is 2.85. The Morgan fingerprint density at radius 1 is 1.23 bits per heavy atom. The first-order valence-electron chi connectivity index (χ1n) is 12.4. The Balaban J connectivity index is 1.64. The van der Waals surface area contributed by atoms with Gasteiger partial charge in [-0.15, -0.1) is 0 Å². The van der Waals surface area contributed by atoms with Crippen LogP contribution in [0.15, 0.2) is 42.6 Å². The second-order valence-corrected chi connectivity index (χ2v) is 9.67. The molecule has 1 fully saturated rings. The monoisotopic (exact) mass is 481 g/mol. The van der Waals surface area contributed by atoms with E-state index in [1.54, 1.807) is 29.1 Å². The summed E-state index contributed by atoms with van der Waals surface area (Å²) in [5, 5.41) is 9.86. The minimum atomic E-state index is -0.362. The number of carbonyl (C=O) groups is 2. The SMILES string of the molecule is C[C@H](CO)N1C[C@H](C)[C@H](CN(C)C(=O)C2CCOCC2)Oc2ncc(-c3ccccc3)cc2C1=O. The summed E-state index contributed by atoms with van der Waals surface area (Å²) in [6, 6.07) is 11.2. The molecule has 3 heterocycles. The molecule has 1 N–H and O–H groups in total. The van der Waals surface area contributed by atoms with E-state index in [-0.39, 0.29) is 48.3 Å². The van der Waals surface area contributed by atoms with E-state index in [2.05, 4.69) is 4.98 Å². The van der Waals surface area contributed by atoms with Gasteiger partial charge < -0.3 is 24.4 Å². The Labute approximate surface area is 206 Å². The van der Waals surface area contributed by atoms with Crippen molar-refractivity contribution < 1.29 is 24.2 Å². The summed E-state index contributed by atoms with van der Waals surface area (Å²) in [6.07, 6.45) is 2.81. The van der Waals surface area contributed by atoms with Crippen LogP contribution in [-0.2, 0) is 9.53 Å². The smallest absolute Gasteiger partial charge is 0.259 e. The largest absolute Gasteiger partial charge is 0.472 e. The van der Waals surface area contributed by atoms with Gasteiger partial charge in [-0.25, -0.2) is 4.98 Å². The zero-order valence-electron chi connectivity index (χ0n) is 20.7. The van der Waals surface area contributed by atoms with Gasteiger partial charge in [-0.05, 0) is 31.4 Å². The molecule has 188 valence electrons. The molecule has 2 aliphatic rings. The third-order valence-electron chi connectivity index (χ3n) is 7.03. The van der Waals surface area contributed by atoms with Crippen molar-refractivity contribution in [3.63, 3.8) is 0 Å². The number of rotatable bonds is 6. The molecule has 0 unspecified atom stereocenters. The summed E-state index contributed by atoms with van der Waals surface area (Å²) in [4.78, 5) is 34.6. The lowest BCUT2D eigenvalue weighted by atomic mass is 9.97. The fraction of sp³-hybridized carbons (Fsp3) is 0.519. The van der Waals surface area contributed by atoms with Gasteiger partial charge in [0.1, 0.15) is 11.7 Å². The van der Waals surface area contributed by atoms with Crippen LogP contribution in [0, 0.1) is 11.8 Å². The van der Waals surface area contributed by atoms with Gasteiger partial charge in [0.25, 0.3) is 5.91 Å². The molecular weight excluding hydrogens is 446 g/mol. The van der Waals surface area contributed by atoms with E-state index < -0.39 is 0 Å². The molecule has 1 aromatic carbocycles. The number of fused-ring (bicyclic) bond motifs is 1. The molecule has 0 aliphatic carbocycles. The van der Waals surface area contributed by atoms with Gasteiger partial charge in [0, 0.05) is 50.4 Å². The molecule has 0 radical (unpaired) electrons. The van der Waals surface area contributed by atoms with E-state index >= 15 is 0 Å². The summed E-state index contributed by atoms with van der Waals surface area (Å²) in [6.45, 7) is 5.69. The van der Waals surface area contributed by atoms with Crippen LogP contribution >= 0.6 is 0 Å². The second kappa shape index (κ2) is 11.2. The van der Waals surface area contributed by atoms with Gasteiger partial charge >= 0.3 is 0 Å². The van der Waals surface area contributed by atoms with Crippen LogP contribution in [0.25, 0.3) is 11.1 Å². The quantitative estimate of drug-likeness (QED) is 0.682. The Bertz CT molecular complexity index is 1020. The zero-order valence-corrected chi connectivity index (χ0v) is 20.7. The first-order valence-corrected chi connectivity index (χ1v) is 12.4. The maximum absolute atomic E-state index is 13.6. The van der Waals surface area contributed by atoms with Crippen LogP contribution in [0.4, 0.5) is 0 Å². The summed E-state index contributed by atoms with van der Waals surface area (Å²) in [5.74, 6) is 0.0121. The van der Waals surface area contributed by atoms with Crippen molar-refractivity contribution >= 4 is 11.8 Å². The van der Waals surface area contributed by atoms with E-state index in [4.69, 9.17) is 9.47 Å². The lowest BCUT2D eigenvalue weighted by molar-refractivity contribution is -0.138. The highest BCUT2D eigenvalue weighted by atomic mass is 16.5. The number of hydrogen-bond donors (Lipinski definition) is 1. The van der Waals surface area contributed by atoms with Crippen LogP contribution in [0.2, 0.25) is 0 Å². The normalized spacial score (nSPS) is 21.9. The summed E-state index contributed by atoms with van der Waals surface area (Å²) >= 11 is 0. The fourth-order valence-corrected chi connectivity index (χ4v) is 4.72. The number of carbonyl (C=O) groups excluding carboxylic acids is 2. The number of benzene rings is 1. The Kier molecular flexibility index (Phi) is 8.03. The van der Waals surface area contributed by atoms with Crippen LogP contribution in [0.1, 0.15) is 37.0 Å². The number of pyridine rings is 1. The van der Waals surface area contributed by atoms with Crippen LogP contribution in [0.3, 0.4) is 0 Å². The van der Waals surface area contributed by atoms with E-state index in [9.17, 15) is 14.7 Å². The van der Waals surface area contributed by atoms with Gasteiger partial charge in [-0.2, -0.15) is 0 Å². The fourth-order valence-electron chi connectivity index (χ4n) is 4.72. The highest BCUT2D eigenvalue weighted by Crippen LogP contribution is 2.30. The highest BCUT2D eigenvalue weighted by molar-refractivity contribution is 5.98. The van der Waals surface area contributed by atoms with Gasteiger partial charge in [0.2, 0.25) is 11.8 Å². The van der Waals surface area contributed by atoms with E-state index in [0.717, 1.165) is 24.0 Å². The molecule has 4 rings (SSSR count). The molecule has 0 saturated carbocycles. The number of aromatic nitrogens is 1. The van der Waals surface area contributed by atoms with Crippen molar-refractivity contribution in [2.45, 2.75) is 38.8 Å². The zero-order chi connectivity index (χ0) is 24.9. The number of likely N-dealkylation sites (N-methyl/N-ethyl adjacent to an activating group) is 1. The number of nitrogens with zero attached hydrogens (tertiary/aromatic N) is 3. The molecular formula is C27H35N3O5.